The second-order valence-electron chi connectivity index (χ2n) is 9.64. The Balaban J connectivity index is 1.77. The number of nitrogens with zero attached hydrogens (tertiary/aromatic N) is 1. The normalized spacial score (nSPS) is 16.0. The number of amides is 1. The van der Waals surface area contributed by atoms with Gasteiger partial charge in [-0.2, -0.15) is 0 Å². The fourth-order valence-corrected chi connectivity index (χ4v) is 7.49. The number of sulfone groups is 2. The molecule has 2 aromatic rings. The smallest absolute Gasteiger partial charge is 0.406 e. The summed E-state index contributed by atoms with van der Waals surface area (Å²) in [5.41, 5.74) is 0.860. The summed E-state index contributed by atoms with van der Waals surface area (Å²) in [6.45, 7) is 5.39. The van der Waals surface area contributed by atoms with Gasteiger partial charge in [-0.15, -0.1) is 13.2 Å². The second kappa shape index (κ2) is 10.3. The molecule has 0 radical (unpaired) electrons. The van der Waals surface area contributed by atoms with Crippen LogP contribution >= 0.6 is 0 Å². The largest absolute Gasteiger partial charge is 0.573 e. The van der Waals surface area contributed by atoms with Crippen LogP contribution in [0.4, 0.5) is 13.2 Å². The number of ether oxygens (including phenoxy) is 1. The number of rotatable bonds is 7. The van der Waals surface area contributed by atoms with E-state index in [0.717, 1.165) is 18.4 Å². The number of piperidine rings is 1. The minimum Gasteiger partial charge on any atom is -0.406 e. The molecule has 0 unspecified atom stereocenters. The maximum absolute atomic E-state index is 13.4. The van der Waals surface area contributed by atoms with Gasteiger partial charge in [0.05, 0.1) is 14.5 Å². The van der Waals surface area contributed by atoms with Gasteiger partial charge in [-0.05, 0) is 74.9 Å². The lowest BCUT2D eigenvalue weighted by Gasteiger charge is -2.40. The molecule has 0 spiro atoms. The van der Waals surface area contributed by atoms with Crippen molar-refractivity contribution in [3.8, 4) is 5.75 Å². The van der Waals surface area contributed by atoms with Crippen LogP contribution in [0, 0.1) is 5.92 Å². The van der Waals surface area contributed by atoms with E-state index in [1.165, 1.54) is 32.0 Å². The number of carbonyl (C=O) groups excluding carboxylic acids is 1. The van der Waals surface area contributed by atoms with Gasteiger partial charge >= 0.3 is 6.36 Å². The summed E-state index contributed by atoms with van der Waals surface area (Å²) in [6.07, 6.45) is -2.66. The predicted octanol–water partition coefficient (Wildman–Crippen LogP) is 4.66. The van der Waals surface area contributed by atoms with Crippen molar-refractivity contribution in [2.24, 2.45) is 5.92 Å². The lowest BCUT2D eigenvalue weighted by Crippen LogP contribution is -2.47. The van der Waals surface area contributed by atoms with Crippen molar-refractivity contribution >= 4 is 25.6 Å². The SMILES string of the molecule is CCc1ccc(C(=O)N2CCC(C(C)(C)S(=O)(=O)c3cccc(OC(F)(F)F)c3)CC2)cc1S(C)(=O)=O. The van der Waals surface area contributed by atoms with Crippen LogP contribution in [0.1, 0.15) is 49.5 Å². The minimum atomic E-state index is -4.95. The van der Waals surface area contributed by atoms with Gasteiger partial charge in [0.2, 0.25) is 0 Å². The maximum Gasteiger partial charge on any atom is 0.573 e. The van der Waals surface area contributed by atoms with Crippen LogP contribution in [0.2, 0.25) is 0 Å². The molecule has 0 aliphatic carbocycles. The minimum absolute atomic E-state index is 0.111. The van der Waals surface area contributed by atoms with Crippen molar-refractivity contribution in [1.82, 2.24) is 4.90 Å². The Morgan fingerprint density at radius 1 is 1.03 bits per heavy atom. The highest BCUT2D eigenvalue weighted by atomic mass is 32.2. The molecule has 1 aliphatic rings. The standard InChI is InChI=1S/C25H30F3NO6S2/c1-5-17-9-10-18(15-22(17)36(4,31)32)23(30)29-13-11-19(12-14-29)24(2,3)37(33,34)21-8-6-7-20(16-21)35-25(26,27)28/h6-10,15-16,19H,5,11-14H2,1-4H3. The molecule has 1 amide bonds. The Morgan fingerprint density at radius 2 is 1.65 bits per heavy atom. The van der Waals surface area contributed by atoms with Gasteiger partial charge < -0.3 is 9.64 Å². The van der Waals surface area contributed by atoms with E-state index in [1.54, 1.807) is 17.0 Å². The van der Waals surface area contributed by atoms with Crippen molar-refractivity contribution < 1.29 is 39.5 Å². The number of alkyl halides is 3. The molecule has 1 saturated heterocycles. The van der Waals surface area contributed by atoms with Gasteiger partial charge in [-0.1, -0.05) is 19.1 Å². The van der Waals surface area contributed by atoms with Crippen LogP contribution < -0.4 is 4.74 Å². The zero-order valence-electron chi connectivity index (χ0n) is 21.0. The number of carbonyl (C=O) groups is 1. The molecule has 0 N–H and O–H groups in total. The lowest BCUT2D eigenvalue weighted by molar-refractivity contribution is -0.274. The number of benzene rings is 2. The van der Waals surface area contributed by atoms with Crippen LogP contribution in [0.5, 0.6) is 5.75 Å². The quantitative estimate of drug-likeness (QED) is 0.488. The van der Waals surface area contributed by atoms with Crippen molar-refractivity contribution in [1.29, 1.82) is 0 Å². The molecule has 1 heterocycles. The molecule has 2 aromatic carbocycles. The first-order valence-electron chi connectivity index (χ1n) is 11.7. The van der Waals surface area contributed by atoms with Crippen molar-refractivity contribution in [2.45, 2.75) is 60.9 Å². The molecule has 0 saturated carbocycles. The fourth-order valence-electron chi connectivity index (χ4n) is 4.65. The number of likely N-dealkylation sites (tertiary alicyclic amines) is 1. The lowest BCUT2D eigenvalue weighted by atomic mass is 9.85. The van der Waals surface area contributed by atoms with Crippen molar-refractivity contribution in [3.05, 3.63) is 53.6 Å². The van der Waals surface area contributed by atoms with Crippen LogP contribution in [-0.4, -0.2) is 58.1 Å². The summed E-state index contributed by atoms with van der Waals surface area (Å²) < 4.78 is 91.6. The molecular weight excluding hydrogens is 531 g/mol. The van der Waals surface area contributed by atoms with E-state index < -0.39 is 36.5 Å². The molecule has 0 bridgehead atoms. The first-order chi connectivity index (χ1) is 17.0. The highest BCUT2D eigenvalue weighted by molar-refractivity contribution is 7.92. The first-order valence-corrected chi connectivity index (χ1v) is 15.1. The Hall–Kier alpha value is -2.60. The van der Waals surface area contributed by atoms with E-state index in [4.69, 9.17) is 0 Å². The molecule has 1 fully saturated rings. The summed E-state index contributed by atoms with van der Waals surface area (Å²) in [7, 11) is -7.58. The average molecular weight is 562 g/mol. The first kappa shape index (κ1) is 29.0. The zero-order valence-corrected chi connectivity index (χ0v) is 22.6. The van der Waals surface area contributed by atoms with Gasteiger partial charge in [0, 0.05) is 24.9 Å². The Kier molecular flexibility index (Phi) is 8.05. The van der Waals surface area contributed by atoms with Crippen LogP contribution in [0.3, 0.4) is 0 Å². The summed E-state index contributed by atoms with van der Waals surface area (Å²) in [5.74, 6) is -1.33. The number of hydrogen-bond donors (Lipinski definition) is 0. The fraction of sp³-hybridized carbons (Fsp3) is 0.480. The number of aryl methyl sites for hydroxylation is 1. The molecule has 1 aliphatic heterocycles. The van der Waals surface area contributed by atoms with E-state index in [2.05, 4.69) is 4.74 Å². The third kappa shape index (κ3) is 6.28. The predicted molar refractivity (Wildman–Crippen MR) is 132 cm³/mol. The molecule has 3 rings (SSSR count). The summed E-state index contributed by atoms with van der Waals surface area (Å²) >= 11 is 0. The summed E-state index contributed by atoms with van der Waals surface area (Å²) in [4.78, 5) is 14.5. The van der Waals surface area contributed by atoms with Crippen LogP contribution in [0.25, 0.3) is 0 Å². The van der Waals surface area contributed by atoms with E-state index in [-0.39, 0.29) is 40.3 Å². The molecule has 0 aromatic heterocycles. The summed E-state index contributed by atoms with van der Waals surface area (Å²) in [6, 6.07) is 8.93. The third-order valence-electron chi connectivity index (χ3n) is 6.90. The van der Waals surface area contributed by atoms with Gasteiger partial charge in [0.25, 0.3) is 5.91 Å². The zero-order chi connectivity index (χ0) is 27.8. The molecule has 204 valence electrons. The molecule has 12 heteroatoms. The maximum atomic E-state index is 13.4. The Labute approximate surface area is 215 Å². The van der Waals surface area contributed by atoms with Gasteiger partial charge in [-0.25, -0.2) is 16.8 Å². The van der Waals surface area contributed by atoms with E-state index in [0.29, 0.717) is 24.8 Å². The van der Waals surface area contributed by atoms with E-state index >= 15 is 0 Å². The molecule has 37 heavy (non-hydrogen) atoms. The number of hydrogen-bond acceptors (Lipinski definition) is 6. The Bertz CT molecular complexity index is 1380. The Morgan fingerprint density at radius 3 is 2.19 bits per heavy atom. The van der Waals surface area contributed by atoms with E-state index in [9.17, 15) is 34.8 Å². The monoisotopic (exact) mass is 561 g/mol. The average Bonchev–Trinajstić information content (AvgIpc) is 2.81. The topological polar surface area (TPSA) is 97.8 Å². The third-order valence-corrected chi connectivity index (χ3v) is 10.7. The van der Waals surface area contributed by atoms with Crippen LogP contribution in [0.15, 0.2) is 52.3 Å². The molecular formula is C25H30F3NO6S2. The molecule has 0 atom stereocenters. The van der Waals surface area contributed by atoms with Crippen molar-refractivity contribution in [2.75, 3.05) is 19.3 Å². The highest BCUT2D eigenvalue weighted by Gasteiger charge is 2.44. The van der Waals surface area contributed by atoms with E-state index in [1.807, 2.05) is 6.92 Å². The van der Waals surface area contributed by atoms with Crippen LogP contribution in [-0.2, 0) is 26.1 Å². The number of halogens is 3. The summed E-state index contributed by atoms with van der Waals surface area (Å²) in [5, 5.41) is 0. The highest BCUT2D eigenvalue weighted by Crippen LogP contribution is 2.39. The van der Waals surface area contributed by atoms with Crippen molar-refractivity contribution in [3.63, 3.8) is 0 Å². The van der Waals surface area contributed by atoms with Gasteiger partial charge in [0.1, 0.15) is 5.75 Å². The second-order valence-corrected chi connectivity index (χ2v) is 14.2. The van der Waals surface area contributed by atoms with Gasteiger partial charge in [0.15, 0.2) is 19.7 Å². The molecule has 7 nitrogen and oxygen atoms in total. The van der Waals surface area contributed by atoms with Gasteiger partial charge in [-0.3, -0.25) is 4.79 Å².